The van der Waals surface area contributed by atoms with Crippen LogP contribution in [0.15, 0.2) is 36.9 Å². The SMILES string of the molecule is C=CC[C@@](N)(C(=O)O)c1ccc(OC)cc1. The number of nitrogens with two attached hydrogens (primary N) is 1. The molecular weight excluding hydrogens is 206 g/mol. The molecule has 16 heavy (non-hydrogen) atoms. The van der Waals surface area contributed by atoms with Gasteiger partial charge in [0, 0.05) is 0 Å². The first-order chi connectivity index (χ1) is 7.54. The van der Waals surface area contributed by atoms with Gasteiger partial charge in [-0.25, -0.2) is 4.79 Å². The van der Waals surface area contributed by atoms with Gasteiger partial charge in [0.2, 0.25) is 0 Å². The summed E-state index contributed by atoms with van der Waals surface area (Å²) in [5.41, 5.74) is 4.96. The van der Waals surface area contributed by atoms with E-state index in [9.17, 15) is 4.79 Å². The largest absolute Gasteiger partial charge is 0.497 e. The van der Waals surface area contributed by atoms with Crippen molar-refractivity contribution < 1.29 is 14.6 Å². The molecule has 0 aliphatic heterocycles. The Bertz CT molecular complexity index is 386. The van der Waals surface area contributed by atoms with Crippen LogP contribution in [0.4, 0.5) is 0 Å². The standard InChI is InChI=1S/C12H15NO3/c1-3-8-12(13,11(14)15)9-4-6-10(16-2)7-5-9/h3-7H,1,8,13H2,2H3,(H,14,15)/t12-/m0/s1. The zero-order valence-corrected chi connectivity index (χ0v) is 9.14. The molecule has 0 amide bonds. The lowest BCUT2D eigenvalue weighted by molar-refractivity contribution is -0.143. The second-order valence-electron chi connectivity index (χ2n) is 3.50. The molecule has 0 radical (unpaired) electrons. The van der Waals surface area contributed by atoms with Crippen molar-refractivity contribution in [2.45, 2.75) is 12.0 Å². The zero-order valence-electron chi connectivity index (χ0n) is 9.14. The normalized spacial score (nSPS) is 13.9. The lowest BCUT2D eigenvalue weighted by Gasteiger charge is -2.23. The minimum atomic E-state index is -1.42. The summed E-state index contributed by atoms with van der Waals surface area (Å²) in [5, 5.41) is 9.14. The van der Waals surface area contributed by atoms with Gasteiger partial charge < -0.3 is 15.6 Å². The monoisotopic (exact) mass is 221 g/mol. The average molecular weight is 221 g/mol. The van der Waals surface area contributed by atoms with Gasteiger partial charge in [-0.05, 0) is 24.1 Å². The van der Waals surface area contributed by atoms with Crippen molar-refractivity contribution in [3.8, 4) is 5.75 Å². The number of aliphatic carboxylic acids is 1. The molecule has 1 rings (SSSR count). The molecule has 0 heterocycles. The van der Waals surface area contributed by atoms with Crippen LogP contribution in [-0.4, -0.2) is 18.2 Å². The van der Waals surface area contributed by atoms with E-state index in [1.165, 1.54) is 6.08 Å². The second-order valence-corrected chi connectivity index (χ2v) is 3.50. The Morgan fingerprint density at radius 2 is 2.12 bits per heavy atom. The molecule has 0 spiro atoms. The van der Waals surface area contributed by atoms with Gasteiger partial charge >= 0.3 is 5.97 Å². The van der Waals surface area contributed by atoms with Crippen LogP contribution in [0.2, 0.25) is 0 Å². The first-order valence-electron chi connectivity index (χ1n) is 4.82. The Hall–Kier alpha value is -1.81. The Balaban J connectivity index is 3.11. The molecule has 1 aromatic carbocycles. The van der Waals surface area contributed by atoms with Gasteiger partial charge in [-0.1, -0.05) is 18.2 Å². The van der Waals surface area contributed by atoms with Gasteiger partial charge in [0.15, 0.2) is 0 Å². The van der Waals surface area contributed by atoms with Crippen molar-refractivity contribution in [1.82, 2.24) is 0 Å². The molecular formula is C12H15NO3. The minimum absolute atomic E-state index is 0.175. The highest BCUT2D eigenvalue weighted by atomic mass is 16.5. The number of carbonyl (C=O) groups is 1. The van der Waals surface area contributed by atoms with Gasteiger partial charge in [0.25, 0.3) is 0 Å². The highest BCUT2D eigenvalue weighted by Crippen LogP contribution is 2.25. The Morgan fingerprint density at radius 3 is 2.50 bits per heavy atom. The number of rotatable bonds is 5. The maximum absolute atomic E-state index is 11.2. The summed E-state index contributed by atoms with van der Waals surface area (Å²) in [6.45, 7) is 3.52. The Labute approximate surface area is 94.3 Å². The minimum Gasteiger partial charge on any atom is -0.497 e. The van der Waals surface area contributed by atoms with Crippen LogP contribution in [0, 0.1) is 0 Å². The number of ether oxygens (including phenoxy) is 1. The molecule has 4 nitrogen and oxygen atoms in total. The van der Waals surface area contributed by atoms with Crippen molar-refractivity contribution in [2.24, 2.45) is 5.73 Å². The number of carboxylic acid groups (broad SMARTS) is 1. The maximum Gasteiger partial charge on any atom is 0.328 e. The van der Waals surface area contributed by atoms with Crippen LogP contribution in [-0.2, 0) is 10.3 Å². The van der Waals surface area contributed by atoms with Crippen molar-refractivity contribution >= 4 is 5.97 Å². The predicted molar refractivity (Wildman–Crippen MR) is 61.3 cm³/mol. The first kappa shape index (κ1) is 12.3. The zero-order chi connectivity index (χ0) is 12.2. The van der Waals surface area contributed by atoms with Gasteiger partial charge in [-0.2, -0.15) is 0 Å². The van der Waals surface area contributed by atoms with E-state index in [1.54, 1.807) is 31.4 Å². The maximum atomic E-state index is 11.2. The van der Waals surface area contributed by atoms with E-state index in [4.69, 9.17) is 15.6 Å². The lowest BCUT2D eigenvalue weighted by Crippen LogP contribution is -2.44. The summed E-state index contributed by atoms with van der Waals surface area (Å²) in [7, 11) is 1.55. The van der Waals surface area contributed by atoms with Gasteiger partial charge in [-0.3, -0.25) is 0 Å². The quantitative estimate of drug-likeness (QED) is 0.739. The summed E-state index contributed by atoms with van der Waals surface area (Å²) in [4.78, 5) is 11.2. The number of hydrogen-bond donors (Lipinski definition) is 2. The number of hydrogen-bond acceptors (Lipinski definition) is 3. The van der Waals surface area contributed by atoms with Crippen LogP contribution in [0.1, 0.15) is 12.0 Å². The lowest BCUT2D eigenvalue weighted by atomic mass is 9.88. The van der Waals surface area contributed by atoms with Crippen LogP contribution >= 0.6 is 0 Å². The summed E-state index contributed by atoms with van der Waals surface area (Å²) in [6, 6.07) is 6.67. The average Bonchev–Trinajstić information content (AvgIpc) is 2.29. The van der Waals surface area contributed by atoms with Crippen molar-refractivity contribution in [3.05, 3.63) is 42.5 Å². The van der Waals surface area contributed by atoms with Crippen LogP contribution in [0.5, 0.6) is 5.75 Å². The molecule has 0 unspecified atom stereocenters. The second kappa shape index (κ2) is 4.81. The van der Waals surface area contributed by atoms with Crippen LogP contribution in [0.25, 0.3) is 0 Å². The summed E-state index contributed by atoms with van der Waals surface area (Å²) in [5.74, 6) is -0.410. The smallest absolute Gasteiger partial charge is 0.328 e. The molecule has 1 aromatic rings. The van der Waals surface area contributed by atoms with Gasteiger partial charge in [0.05, 0.1) is 7.11 Å². The van der Waals surface area contributed by atoms with Crippen molar-refractivity contribution in [1.29, 1.82) is 0 Å². The number of methoxy groups -OCH3 is 1. The molecule has 4 heteroatoms. The van der Waals surface area contributed by atoms with Crippen LogP contribution < -0.4 is 10.5 Å². The molecule has 0 bridgehead atoms. The third kappa shape index (κ3) is 2.23. The summed E-state index contributed by atoms with van der Waals surface area (Å²) >= 11 is 0. The third-order valence-electron chi connectivity index (χ3n) is 2.45. The van der Waals surface area contributed by atoms with E-state index in [-0.39, 0.29) is 6.42 Å². The Kier molecular flexibility index (Phi) is 3.68. The molecule has 0 saturated carbocycles. The molecule has 0 aliphatic rings. The van der Waals surface area contributed by atoms with Crippen molar-refractivity contribution in [3.63, 3.8) is 0 Å². The molecule has 1 atom stereocenters. The number of benzene rings is 1. The highest BCUT2D eigenvalue weighted by molar-refractivity contribution is 5.80. The summed E-state index contributed by atoms with van der Waals surface area (Å²) in [6.07, 6.45) is 1.67. The van der Waals surface area contributed by atoms with E-state index in [2.05, 4.69) is 6.58 Å². The van der Waals surface area contributed by atoms with E-state index in [1.807, 2.05) is 0 Å². The van der Waals surface area contributed by atoms with E-state index in [0.717, 1.165) is 0 Å². The van der Waals surface area contributed by atoms with Crippen molar-refractivity contribution in [2.75, 3.05) is 7.11 Å². The Morgan fingerprint density at radius 1 is 1.56 bits per heavy atom. The summed E-state index contributed by atoms with van der Waals surface area (Å²) < 4.78 is 4.99. The third-order valence-corrected chi connectivity index (χ3v) is 2.45. The molecule has 86 valence electrons. The molecule has 0 fully saturated rings. The topological polar surface area (TPSA) is 72.6 Å². The van der Waals surface area contributed by atoms with Crippen LogP contribution in [0.3, 0.4) is 0 Å². The van der Waals surface area contributed by atoms with E-state index < -0.39 is 11.5 Å². The highest BCUT2D eigenvalue weighted by Gasteiger charge is 2.34. The fraction of sp³-hybridized carbons (Fsp3) is 0.250. The molecule has 0 aliphatic carbocycles. The van der Waals surface area contributed by atoms with Gasteiger partial charge in [-0.15, -0.1) is 6.58 Å². The number of carboxylic acids is 1. The fourth-order valence-corrected chi connectivity index (χ4v) is 1.44. The predicted octanol–water partition coefficient (Wildman–Crippen LogP) is 1.51. The van der Waals surface area contributed by atoms with Gasteiger partial charge in [0.1, 0.15) is 11.3 Å². The molecule has 0 saturated heterocycles. The van der Waals surface area contributed by atoms with E-state index >= 15 is 0 Å². The van der Waals surface area contributed by atoms with E-state index in [0.29, 0.717) is 11.3 Å². The first-order valence-corrected chi connectivity index (χ1v) is 4.82. The molecule has 0 aromatic heterocycles. The molecule has 3 N–H and O–H groups in total. The fourth-order valence-electron chi connectivity index (χ4n) is 1.44.